The van der Waals surface area contributed by atoms with E-state index in [1.165, 1.54) is 6.20 Å². The van der Waals surface area contributed by atoms with Gasteiger partial charge in [0, 0.05) is 16.5 Å². The second-order valence-electron chi connectivity index (χ2n) is 5.79. The Hall–Kier alpha value is -0.490. The van der Waals surface area contributed by atoms with E-state index >= 15 is 0 Å². The monoisotopic (exact) mass is 384 g/mol. The normalized spacial score (nSPS) is 26.7. The Kier molecular flexibility index (Phi) is 5.08. The average molecular weight is 386 g/mol. The molecule has 0 aromatic carbocycles. The van der Waals surface area contributed by atoms with Gasteiger partial charge < -0.3 is 5.32 Å². The van der Waals surface area contributed by atoms with Gasteiger partial charge in [0.2, 0.25) is 0 Å². The molecule has 1 fully saturated rings. The Labute approximate surface area is 135 Å². The number of aromatic nitrogens is 1. The van der Waals surface area contributed by atoms with Gasteiger partial charge in [-0.3, -0.25) is 0 Å². The lowest BCUT2D eigenvalue weighted by Gasteiger charge is -2.40. The van der Waals surface area contributed by atoms with Crippen LogP contribution in [-0.2, 0) is 6.18 Å². The maximum atomic E-state index is 13.2. The summed E-state index contributed by atoms with van der Waals surface area (Å²) in [5, 5.41) is 2.99. The fourth-order valence-electron chi connectivity index (χ4n) is 2.93. The third-order valence-electron chi connectivity index (χ3n) is 3.89. The van der Waals surface area contributed by atoms with Crippen LogP contribution >= 0.6 is 27.5 Å². The SMILES string of the molecule is CC1CCCC(CCl)(Nc2ncc(Br)cc2C(F)(F)F)C1. The van der Waals surface area contributed by atoms with Gasteiger partial charge in [-0.05, 0) is 40.8 Å². The van der Waals surface area contributed by atoms with Crippen LogP contribution in [0.3, 0.4) is 0 Å². The number of anilines is 1. The van der Waals surface area contributed by atoms with Gasteiger partial charge in [-0.25, -0.2) is 4.98 Å². The molecule has 1 aliphatic rings. The van der Waals surface area contributed by atoms with E-state index < -0.39 is 17.3 Å². The fraction of sp³-hybridized carbons (Fsp3) is 0.643. The summed E-state index contributed by atoms with van der Waals surface area (Å²) in [7, 11) is 0. The second kappa shape index (κ2) is 6.32. The first-order valence-corrected chi connectivity index (χ1v) is 8.15. The molecule has 1 N–H and O–H groups in total. The number of nitrogens with one attached hydrogen (secondary N) is 1. The molecule has 0 bridgehead atoms. The third kappa shape index (κ3) is 4.03. The first-order chi connectivity index (χ1) is 9.76. The minimum atomic E-state index is -4.45. The Morgan fingerprint density at radius 2 is 2.24 bits per heavy atom. The molecule has 1 aliphatic carbocycles. The van der Waals surface area contributed by atoms with Crippen LogP contribution in [0.4, 0.5) is 19.0 Å². The average Bonchev–Trinajstić information content (AvgIpc) is 2.40. The summed E-state index contributed by atoms with van der Waals surface area (Å²) in [5.41, 5.74) is -1.28. The van der Waals surface area contributed by atoms with Crippen molar-refractivity contribution in [2.45, 2.75) is 44.3 Å². The lowest BCUT2D eigenvalue weighted by molar-refractivity contribution is -0.137. The van der Waals surface area contributed by atoms with Crippen LogP contribution in [0, 0.1) is 5.92 Å². The highest BCUT2D eigenvalue weighted by atomic mass is 79.9. The molecule has 2 nitrogen and oxygen atoms in total. The Morgan fingerprint density at radius 3 is 2.81 bits per heavy atom. The van der Waals surface area contributed by atoms with E-state index in [4.69, 9.17) is 11.6 Å². The molecular weight excluding hydrogens is 369 g/mol. The maximum Gasteiger partial charge on any atom is 0.419 e. The summed E-state index contributed by atoms with van der Waals surface area (Å²) in [5.74, 6) is 0.571. The summed E-state index contributed by atoms with van der Waals surface area (Å²) >= 11 is 9.11. The number of rotatable bonds is 3. The van der Waals surface area contributed by atoms with E-state index in [0.717, 1.165) is 31.7 Å². The van der Waals surface area contributed by atoms with Crippen molar-refractivity contribution in [3.8, 4) is 0 Å². The van der Waals surface area contributed by atoms with Gasteiger partial charge in [-0.15, -0.1) is 11.6 Å². The molecule has 0 amide bonds. The minimum Gasteiger partial charge on any atom is -0.363 e. The quantitative estimate of drug-likeness (QED) is 0.699. The molecule has 2 atom stereocenters. The van der Waals surface area contributed by atoms with Crippen molar-refractivity contribution in [2.24, 2.45) is 5.92 Å². The lowest BCUT2D eigenvalue weighted by atomic mass is 9.77. The molecule has 0 spiro atoms. The predicted octanol–water partition coefficient (Wildman–Crippen LogP) is 5.46. The zero-order valence-electron chi connectivity index (χ0n) is 11.6. The summed E-state index contributed by atoms with van der Waals surface area (Å²) in [6, 6.07) is 1.05. The molecule has 1 saturated carbocycles. The molecule has 118 valence electrons. The number of hydrogen-bond donors (Lipinski definition) is 1. The maximum absolute atomic E-state index is 13.2. The van der Waals surface area contributed by atoms with Gasteiger partial charge >= 0.3 is 6.18 Å². The predicted molar refractivity (Wildman–Crippen MR) is 81.6 cm³/mol. The summed E-state index contributed by atoms with van der Waals surface area (Å²) in [6.45, 7) is 2.10. The molecular formula is C14H17BrClF3N2. The standard InChI is InChI=1S/C14H17BrClF3N2/c1-9-3-2-4-13(6-9,8-16)21-12-11(14(17,18)19)5-10(15)7-20-12/h5,7,9H,2-4,6,8H2,1H3,(H,20,21). The molecule has 0 saturated heterocycles. The van der Waals surface area contributed by atoms with Gasteiger partial charge in [0.15, 0.2) is 0 Å². The highest BCUT2D eigenvalue weighted by Gasteiger charge is 2.39. The van der Waals surface area contributed by atoms with Crippen LogP contribution in [0.1, 0.15) is 38.2 Å². The zero-order valence-corrected chi connectivity index (χ0v) is 13.9. The Morgan fingerprint density at radius 1 is 1.52 bits per heavy atom. The van der Waals surface area contributed by atoms with Crippen LogP contribution in [0.2, 0.25) is 0 Å². The zero-order chi connectivity index (χ0) is 15.7. The number of alkyl halides is 4. The van der Waals surface area contributed by atoms with E-state index in [1.807, 2.05) is 0 Å². The van der Waals surface area contributed by atoms with Crippen molar-refractivity contribution < 1.29 is 13.2 Å². The van der Waals surface area contributed by atoms with E-state index in [9.17, 15) is 13.2 Å². The molecule has 0 radical (unpaired) electrons. The number of pyridine rings is 1. The molecule has 0 aliphatic heterocycles. The summed E-state index contributed by atoms with van der Waals surface area (Å²) in [6.07, 6.45) is 0.471. The highest BCUT2D eigenvalue weighted by Crippen LogP contribution is 2.40. The first kappa shape index (κ1) is 16.9. The van der Waals surface area contributed by atoms with E-state index in [1.54, 1.807) is 0 Å². The second-order valence-corrected chi connectivity index (χ2v) is 6.97. The molecule has 1 aromatic rings. The van der Waals surface area contributed by atoms with Gasteiger partial charge in [-0.2, -0.15) is 13.2 Å². The smallest absolute Gasteiger partial charge is 0.363 e. The topological polar surface area (TPSA) is 24.9 Å². The van der Waals surface area contributed by atoms with Crippen LogP contribution in [0.5, 0.6) is 0 Å². The van der Waals surface area contributed by atoms with Crippen LogP contribution < -0.4 is 5.32 Å². The van der Waals surface area contributed by atoms with Crippen molar-refractivity contribution >= 4 is 33.3 Å². The molecule has 1 aromatic heterocycles. The molecule has 2 rings (SSSR count). The Bertz CT molecular complexity index is 509. The summed E-state index contributed by atoms with van der Waals surface area (Å²) in [4.78, 5) is 3.92. The lowest BCUT2D eigenvalue weighted by Crippen LogP contribution is -2.45. The van der Waals surface area contributed by atoms with Gasteiger partial charge in [0.05, 0.1) is 11.1 Å². The fourth-order valence-corrected chi connectivity index (χ4v) is 3.58. The van der Waals surface area contributed by atoms with Crippen molar-refractivity contribution in [3.05, 3.63) is 22.3 Å². The van der Waals surface area contributed by atoms with E-state index in [-0.39, 0.29) is 11.7 Å². The highest BCUT2D eigenvalue weighted by molar-refractivity contribution is 9.10. The van der Waals surface area contributed by atoms with E-state index in [0.29, 0.717) is 10.4 Å². The largest absolute Gasteiger partial charge is 0.419 e. The van der Waals surface area contributed by atoms with Crippen molar-refractivity contribution in [2.75, 3.05) is 11.2 Å². The number of hydrogen-bond acceptors (Lipinski definition) is 2. The first-order valence-electron chi connectivity index (χ1n) is 6.83. The van der Waals surface area contributed by atoms with Gasteiger partial charge in [0.25, 0.3) is 0 Å². The summed E-state index contributed by atoms with van der Waals surface area (Å²) < 4.78 is 39.8. The van der Waals surface area contributed by atoms with Gasteiger partial charge in [0.1, 0.15) is 5.82 Å². The van der Waals surface area contributed by atoms with E-state index in [2.05, 4.69) is 33.2 Å². The Balaban J connectivity index is 2.33. The number of nitrogens with zero attached hydrogens (tertiary/aromatic N) is 1. The molecule has 2 unspecified atom stereocenters. The van der Waals surface area contributed by atoms with Gasteiger partial charge in [-0.1, -0.05) is 19.8 Å². The van der Waals surface area contributed by atoms with Crippen molar-refractivity contribution in [1.29, 1.82) is 0 Å². The van der Waals surface area contributed by atoms with Crippen LogP contribution in [0.15, 0.2) is 16.7 Å². The molecule has 7 heteroatoms. The number of halogens is 5. The van der Waals surface area contributed by atoms with Crippen LogP contribution in [-0.4, -0.2) is 16.4 Å². The van der Waals surface area contributed by atoms with Crippen LogP contribution in [0.25, 0.3) is 0 Å². The van der Waals surface area contributed by atoms with Crippen molar-refractivity contribution in [1.82, 2.24) is 4.98 Å². The molecule has 21 heavy (non-hydrogen) atoms. The molecule has 1 heterocycles. The third-order valence-corrected chi connectivity index (χ3v) is 4.84. The minimum absolute atomic E-state index is 0.138. The van der Waals surface area contributed by atoms with Crippen molar-refractivity contribution in [3.63, 3.8) is 0 Å².